The summed E-state index contributed by atoms with van der Waals surface area (Å²) in [6.45, 7) is 8.51. The number of carbonyl (C=O) groups is 2. The van der Waals surface area contributed by atoms with Crippen molar-refractivity contribution >= 4 is 17.5 Å². The maximum absolute atomic E-state index is 12.8. The van der Waals surface area contributed by atoms with Gasteiger partial charge >= 0.3 is 0 Å². The van der Waals surface area contributed by atoms with Crippen LogP contribution in [0.15, 0.2) is 42.5 Å². The fraction of sp³-hybridized carbons (Fsp3) is 0.391. The molecule has 2 N–H and O–H groups in total. The molecule has 27 heavy (non-hydrogen) atoms. The molecule has 3 rings (SSSR count). The van der Waals surface area contributed by atoms with Crippen molar-refractivity contribution in [2.75, 3.05) is 5.32 Å². The number of rotatable bonds is 6. The van der Waals surface area contributed by atoms with Gasteiger partial charge in [0.05, 0.1) is 0 Å². The van der Waals surface area contributed by atoms with Crippen LogP contribution in [0.3, 0.4) is 0 Å². The lowest BCUT2D eigenvalue weighted by molar-refractivity contribution is 0.0950. The third kappa shape index (κ3) is 4.76. The van der Waals surface area contributed by atoms with Crippen LogP contribution in [-0.4, -0.2) is 17.9 Å². The maximum Gasteiger partial charge on any atom is 0.255 e. The average molecular weight is 364 g/mol. The summed E-state index contributed by atoms with van der Waals surface area (Å²) in [5.74, 6) is 0.512. The topological polar surface area (TPSA) is 58.2 Å². The lowest BCUT2D eigenvalue weighted by Crippen LogP contribution is -2.25. The highest BCUT2D eigenvalue weighted by Gasteiger charge is 2.23. The second kappa shape index (κ2) is 7.95. The van der Waals surface area contributed by atoms with E-state index in [-0.39, 0.29) is 17.7 Å². The second-order valence-electron chi connectivity index (χ2n) is 7.94. The van der Waals surface area contributed by atoms with E-state index in [1.165, 1.54) is 5.56 Å². The van der Waals surface area contributed by atoms with E-state index in [1.807, 2.05) is 12.1 Å². The largest absolute Gasteiger partial charge is 0.349 e. The van der Waals surface area contributed by atoms with Crippen molar-refractivity contribution in [2.24, 2.45) is 0 Å². The van der Waals surface area contributed by atoms with Gasteiger partial charge in [-0.2, -0.15) is 0 Å². The Labute approximate surface area is 161 Å². The number of hydrogen-bond donors (Lipinski definition) is 2. The Bertz CT molecular complexity index is 834. The number of benzene rings is 2. The summed E-state index contributed by atoms with van der Waals surface area (Å²) in [5, 5.41) is 5.91. The van der Waals surface area contributed by atoms with Gasteiger partial charge in [0.15, 0.2) is 0 Å². The summed E-state index contributed by atoms with van der Waals surface area (Å²) >= 11 is 0. The molecule has 0 saturated heterocycles. The molecule has 0 heterocycles. The highest BCUT2D eigenvalue weighted by Crippen LogP contribution is 2.26. The van der Waals surface area contributed by atoms with Crippen molar-refractivity contribution in [1.29, 1.82) is 0 Å². The lowest BCUT2D eigenvalue weighted by atomic mass is 9.91. The summed E-state index contributed by atoms with van der Waals surface area (Å²) < 4.78 is 0. The molecule has 0 bridgehead atoms. The van der Waals surface area contributed by atoms with E-state index in [0.717, 1.165) is 18.4 Å². The molecule has 1 aliphatic carbocycles. The van der Waals surface area contributed by atoms with E-state index in [1.54, 1.807) is 24.3 Å². The minimum absolute atomic E-state index is 0.0539. The van der Waals surface area contributed by atoms with Crippen LogP contribution in [-0.2, 0) is 0 Å². The van der Waals surface area contributed by atoms with Crippen molar-refractivity contribution in [1.82, 2.24) is 5.32 Å². The molecule has 2 amide bonds. The van der Waals surface area contributed by atoms with Gasteiger partial charge in [-0.05, 0) is 66.1 Å². The van der Waals surface area contributed by atoms with Crippen LogP contribution < -0.4 is 10.6 Å². The number of anilines is 1. The van der Waals surface area contributed by atoms with E-state index in [0.29, 0.717) is 28.8 Å². The fourth-order valence-corrected chi connectivity index (χ4v) is 3.02. The molecule has 4 heteroatoms. The van der Waals surface area contributed by atoms with Crippen LogP contribution in [0.1, 0.15) is 84.2 Å². The molecule has 1 aliphatic rings. The van der Waals surface area contributed by atoms with Gasteiger partial charge in [-0.25, -0.2) is 0 Å². The first-order valence-corrected chi connectivity index (χ1v) is 9.71. The molecule has 0 aliphatic heterocycles. The number of amides is 2. The first-order chi connectivity index (χ1) is 12.8. The van der Waals surface area contributed by atoms with Crippen LogP contribution in [0.25, 0.3) is 0 Å². The van der Waals surface area contributed by atoms with Crippen molar-refractivity contribution in [3.63, 3.8) is 0 Å². The SMILES string of the molecule is CC(C)c1ccc(C(=O)Nc2ccc(C(=O)NC3CC3)cc2)c(C(C)C)c1. The van der Waals surface area contributed by atoms with Crippen LogP contribution >= 0.6 is 0 Å². The highest BCUT2D eigenvalue weighted by atomic mass is 16.2. The van der Waals surface area contributed by atoms with E-state index >= 15 is 0 Å². The number of nitrogens with one attached hydrogen (secondary N) is 2. The fourth-order valence-electron chi connectivity index (χ4n) is 3.02. The summed E-state index contributed by atoms with van der Waals surface area (Å²) in [5.41, 5.74) is 4.29. The monoisotopic (exact) mass is 364 g/mol. The Morgan fingerprint density at radius 3 is 2.11 bits per heavy atom. The van der Waals surface area contributed by atoms with E-state index in [4.69, 9.17) is 0 Å². The second-order valence-corrected chi connectivity index (χ2v) is 7.94. The van der Waals surface area contributed by atoms with Crippen LogP contribution in [0.5, 0.6) is 0 Å². The van der Waals surface area contributed by atoms with Crippen LogP contribution in [0, 0.1) is 0 Å². The Balaban J connectivity index is 1.73. The Morgan fingerprint density at radius 1 is 0.889 bits per heavy atom. The summed E-state index contributed by atoms with van der Waals surface area (Å²) in [6.07, 6.45) is 2.13. The first kappa shape index (κ1) is 19.2. The van der Waals surface area contributed by atoms with Gasteiger partial charge in [0.25, 0.3) is 11.8 Å². The maximum atomic E-state index is 12.8. The summed E-state index contributed by atoms with van der Waals surface area (Å²) in [4.78, 5) is 24.9. The van der Waals surface area contributed by atoms with Gasteiger partial charge in [0.1, 0.15) is 0 Å². The average Bonchev–Trinajstić information content (AvgIpc) is 3.45. The van der Waals surface area contributed by atoms with E-state index < -0.39 is 0 Å². The molecular weight excluding hydrogens is 336 g/mol. The third-order valence-corrected chi connectivity index (χ3v) is 4.93. The highest BCUT2D eigenvalue weighted by molar-refractivity contribution is 6.05. The van der Waals surface area contributed by atoms with Crippen molar-refractivity contribution in [3.8, 4) is 0 Å². The normalized spacial score (nSPS) is 13.7. The molecule has 2 aromatic carbocycles. The molecule has 142 valence electrons. The zero-order valence-corrected chi connectivity index (χ0v) is 16.5. The summed E-state index contributed by atoms with van der Waals surface area (Å²) in [7, 11) is 0. The third-order valence-electron chi connectivity index (χ3n) is 4.93. The molecule has 0 spiro atoms. The molecule has 0 unspecified atom stereocenters. The zero-order chi connectivity index (χ0) is 19.6. The Kier molecular flexibility index (Phi) is 5.64. The molecule has 4 nitrogen and oxygen atoms in total. The lowest BCUT2D eigenvalue weighted by Gasteiger charge is -2.16. The number of carbonyl (C=O) groups excluding carboxylic acids is 2. The molecule has 0 aromatic heterocycles. The Morgan fingerprint density at radius 2 is 1.56 bits per heavy atom. The van der Waals surface area contributed by atoms with Crippen molar-refractivity contribution in [2.45, 2.75) is 58.4 Å². The minimum atomic E-state index is -0.121. The van der Waals surface area contributed by atoms with Gasteiger partial charge in [-0.1, -0.05) is 39.8 Å². The predicted octanol–water partition coefficient (Wildman–Crippen LogP) is 5.08. The molecule has 2 aromatic rings. The summed E-state index contributed by atoms with van der Waals surface area (Å²) in [6, 6.07) is 13.5. The van der Waals surface area contributed by atoms with Gasteiger partial charge in [0.2, 0.25) is 0 Å². The molecule has 1 saturated carbocycles. The quantitative estimate of drug-likeness (QED) is 0.751. The molecule has 1 fully saturated rings. The van der Waals surface area contributed by atoms with Crippen molar-refractivity contribution in [3.05, 3.63) is 64.7 Å². The van der Waals surface area contributed by atoms with Crippen molar-refractivity contribution < 1.29 is 9.59 Å². The van der Waals surface area contributed by atoms with E-state index in [9.17, 15) is 9.59 Å². The van der Waals surface area contributed by atoms with Crippen LogP contribution in [0.2, 0.25) is 0 Å². The predicted molar refractivity (Wildman–Crippen MR) is 110 cm³/mol. The van der Waals surface area contributed by atoms with Gasteiger partial charge in [-0.15, -0.1) is 0 Å². The van der Waals surface area contributed by atoms with E-state index in [2.05, 4.69) is 44.4 Å². The Hall–Kier alpha value is -2.62. The number of hydrogen-bond acceptors (Lipinski definition) is 2. The molecule has 0 atom stereocenters. The molecule has 0 radical (unpaired) electrons. The van der Waals surface area contributed by atoms with Crippen LogP contribution in [0.4, 0.5) is 5.69 Å². The van der Waals surface area contributed by atoms with Gasteiger partial charge < -0.3 is 10.6 Å². The standard InChI is InChI=1S/C23H28N2O2/c1-14(2)17-7-12-20(21(13-17)15(3)4)23(27)25-18-8-5-16(6-9-18)22(26)24-19-10-11-19/h5-9,12-15,19H,10-11H2,1-4H3,(H,24,26)(H,25,27). The molecular formula is C23H28N2O2. The van der Waals surface area contributed by atoms with Gasteiger partial charge in [-0.3, -0.25) is 9.59 Å². The smallest absolute Gasteiger partial charge is 0.255 e. The zero-order valence-electron chi connectivity index (χ0n) is 16.5. The first-order valence-electron chi connectivity index (χ1n) is 9.71. The van der Waals surface area contributed by atoms with Gasteiger partial charge in [0, 0.05) is 22.9 Å². The minimum Gasteiger partial charge on any atom is -0.349 e.